The predicted molar refractivity (Wildman–Crippen MR) is 38.8 cm³/mol. The van der Waals surface area contributed by atoms with Gasteiger partial charge in [-0.05, 0) is 32.2 Å². The molecule has 2 saturated carbocycles. The average molecular weight is 139 g/mol. The molecule has 2 bridgehead atoms. The molecule has 2 heteroatoms. The van der Waals surface area contributed by atoms with Crippen molar-refractivity contribution in [3.63, 3.8) is 0 Å². The summed E-state index contributed by atoms with van der Waals surface area (Å²) in [6.07, 6.45) is 4.27. The minimum Gasteiger partial charge on any atom is -0.308 e. The van der Waals surface area contributed by atoms with Crippen molar-refractivity contribution in [3.8, 4) is 0 Å². The Morgan fingerprint density at radius 3 is 2.80 bits per heavy atom. The van der Waals surface area contributed by atoms with Crippen LogP contribution in [0.3, 0.4) is 0 Å². The van der Waals surface area contributed by atoms with Crippen molar-refractivity contribution in [3.05, 3.63) is 0 Å². The van der Waals surface area contributed by atoms with E-state index in [4.69, 9.17) is 0 Å². The van der Waals surface area contributed by atoms with E-state index in [2.05, 4.69) is 5.32 Å². The highest BCUT2D eigenvalue weighted by Crippen LogP contribution is 2.44. The summed E-state index contributed by atoms with van der Waals surface area (Å²) in [5, 5.41) is 3.17. The number of ketones is 1. The molecule has 0 heterocycles. The van der Waals surface area contributed by atoms with E-state index in [9.17, 15) is 4.79 Å². The first-order valence-electron chi connectivity index (χ1n) is 3.99. The number of carbonyl (C=O) groups is 1. The average Bonchev–Trinajstić information content (AvgIpc) is 2.44. The van der Waals surface area contributed by atoms with E-state index in [1.54, 1.807) is 0 Å². The maximum atomic E-state index is 11.3. The summed E-state index contributed by atoms with van der Waals surface area (Å²) in [6.45, 7) is 0. The van der Waals surface area contributed by atoms with Crippen molar-refractivity contribution in [2.75, 3.05) is 7.05 Å². The fourth-order valence-electron chi connectivity index (χ4n) is 2.40. The maximum absolute atomic E-state index is 11.3. The van der Waals surface area contributed by atoms with Crippen LogP contribution in [0, 0.1) is 5.92 Å². The van der Waals surface area contributed by atoms with Crippen molar-refractivity contribution < 1.29 is 4.79 Å². The van der Waals surface area contributed by atoms with E-state index in [0.717, 1.165) is 19.3 Å². The molecule has 2 nitrogen and oxygen atoms in total. The van der Waals surface area contributed by atoms with Crippen LogP contribution in [0.2, 0.25) is 0 Å². The van der Waals surface area contributed by atoms with Crippen LogP contribution >= 0.6 is 0 Å². The number of carbonyl (C=O) groups excluding carboxylic acids is 1. The fraction of sp³-hybridized carbons (Fsp3) is 0.875. The molecule has 0 radical (unpaired) electrons. The Balaban J connectivity index is 2.27. The standard InChI is InChI=1S/C8H13NO/c1-9-8-3-2-6(5-8)4-7(8)10/h6,9H,2-5H2,1H3. The molecule has 0 aromatic rings. The van der Waals surface area contributed by atoms with Gasteiger partial charge in [0.25, 0.3) is 0 Å². The lowest BCUT2D eigenvalue weighted by atomic mass is 9.93. The molecule has 0 aliphatic heterocycles. The van der Waals surface area contributed by atoms with Crippen LogP contribution in [0.25, 0.3) is 0 Å². The maximum Gasteiger partial charge on any atom is 0.153 e. The summed E-state index contributed by atoms with van der Waals surface area (Å²) < 4.78 is 0. The van der Waals surface area contributed by atoms with Gasteiger partial charge in [0, 0.05) is 6.42 Å². The van der Waals surface area contributed by atoms with Gasteiger partial charge in [-0.15, -0.1) is 0 Å². The lowest BCUT2D eigenvalue weighted by Crippen LogP contribution is -2.45. The Morgan fingerprint density at radius 1 is 1.70 bits per heavy atom. The molecule has 56 valence electrons. The van der Waals surface area contributed by atoms with Gasteiger partial charge in [-0.1, -0.05) is 0 Å². The van der Waals surface area contributed by atoms with Crippen LogP contribution in [0.1, 0.15) is 25.7 Å². The molecule has 0 saturated heterocycles. The van der Waals surface area contributed by atoms with Crippen LogP contribution in [0.5, 0.6) is 0 Å². The smallest absolute Gasteiger partial charge is 0.153 e. The Labute approximate surface area is 61.0 Å². The Kier molecular flexibility index (Phi) is 1.15. The Bertz CT molecular complexity index is 178. The summed E-state index contributed by atoms with van der Waals surface area (Å²) in [7, 11) is 1.91. The third-order valence-electron chi connectivity index (χ3n) is 3.10. The number of hydrogen-bond donors (Lipinski definition) is 1. The number of Topliss-reactive ketones (excluding diaryl/α,β-unsaturated/α-hetero) is 1. The topological polar surface area (TPSA) is 29.1 Å². The molecule has 2 aliphatic carbocycles. The van der Waals surface area contributed by atoms with Gasteiger partial charge in [0.2, 0.25) is 0 Å². The van der Waals surface area contributed by atoms with Crippen LogP contribution in [-0.2, 0) is 4.79 Å². The van der Waals surface area contributed by atoms with Crippen molar-refractivity contribution >= 4 is 5.78 Å². The van der Waals surface area contributed by atoms with Crippen LogP contribution in [0.15, 0.2) is 0 Å². The minimum atomic E-state index is -0.0787. The summed E-state index contributed by atoms with van der Waals surface area (Å²) in [6, 6.07) is 0. The molecule has 1 N–H and O–H groups in total. The van der Waals surface area contributed by atoms with Gasteiger partial charge in [0.15, 0.2) is 5.78 Å². The number of hydrogen-bond acceptors (Lipinski definition) is 2. The highest BCUT2D eigenvalue weighted by atomic mass is 16.1. The summed E-state index contributed by atoms with van der Waals surface area (Å²) in [4.78, 5) is 11.3. The quantitative estimate of drug-likeness (QED) is 0.580. The Morgan fingerprint density at radius 2 is 2.50 bits per heavy atom. The molecule has 2 rings (SSSR count). The van der Waals surface area contributed by atoms with Crippen LogP contribution < -0.4 is 5.32 Å². The van der Waals surface area contributed by atoms with Crippen LogP contribution in [-0.4, -0.2) is 18.4 Å². The van der Waals surface area contributed by atoms with Gasteiger partial charge in [-0.3, -0.25) is 4.79 Å². The van der Waals surface area contributed by atoms with Gasteiger partial charge in [0.05, 0.1) is 5.54 Å². The molecule has 0 amide bonds. The molecule has 0 aromatic heterocycles. The first-order valence-corrected chi connectivity index (χ1v) is 3.99. The molecule has 10 heavy (non-hydrogen) atoms. The molecule has 0 spiro atoms. The molecule has 0 aromatic carbocycles. The first-order chi connectivity index (χ1) is 4.77. The minimum absolute atomic E-state index is 0.0787. The number of fused-ring (bicyclic) bond motifs is 2. The van der Waals surface area contributed by atoms with Gasteiger partial charge < -0.3 is 5.32 Å². The lowest BCUT2D eigenvalue weighted by Gasteiger charge is -2.23. The van der Waals surface area contributed by atoms with E-state index in [0.29, 0.717) is 11.7 Å². The zero-order valence-electron chi connectivity index (χ0n) is 6.31. The van der Waals surface area contributed by atoms with Crippen molar-refractivity contribution in [2.24, 2.45) is 5.92 Å². The molecule has 2 atom stereocenters. The van der Waals surface area contributed by atoms with E-state index < -0.39 is 0 Å². The fourth-order valence-corrected chi connectivity index (χ4v) is 2.40. The SMILES string of the molecule is CNC12CCC(CC1=O)C2. The van der Waals surface area contributed by atoms with Gasteiger partial charge in [-0.2, -0.15) is 0 Å². The van der Waals surface area contributed by atoms with Crippen molar-refractivity contribution in [1.82, 2.24) is 5.32 Å². The molecular formula is C8H13NO. The molecular weight excluding hydrogens is 126 g/mol. The number of rotatable bonds is 1. The highest BCUT2D eigenvalue weighted by Gasteiger charge is 2.50. The normalized spacial score (nSPS) is 44.9. The summed E-state index contributed by atoms with van der Waals surface area (Å²) in [5.41, 5.74) is -0.0787. The number of likely N-dealkylation sites (N-methyl/N-ethyl adjacent to an activating group) is 1. The predicted octanol–water partition coefficient (Wildman–Crippen LogP) is 0.718. The summed E-state index contributed by atoms with van der Waals surface area (Å²) >= 11 is 0. The zero-order valence-corrected chi connectivity index (χ0v) is 6.31. The Hall–Kier alpha value is -0.370. The molecule has 2 aliphatic rings. The second kappa shape index (κ2) is 1.82. The first kappa shape index (κ1) is 6.35. The van der Waals surface area contributed by atoms with Gasteiger partial charge in [-0.25, -0.2) is 0 Å². The second-order valence-corrected chi connectivity index (χ2v) is 3.57. The van der Waals surface area contributed by atoms with E-state index in [1.807, 2.05) is 7.05 Å². The largest absolute Gasteiger partial charge is 0.308 e. The van der Waals surface area contributed by atoms with Crippen molar-refractivity contribution in [1.29, 1.82) is 0 Å². The van der Waals surface area contributed by atoms with Crippen LogP contribution in [0.4, 0.5) is 0 Å². The third-order valence-corrected chi connectivity index (χ3v) is 3.10. The van der Waals surface area contributed by atoms with E-state index >= 15 is 0 Å². The monoisotopic (exact) mass is 139 g/mol. The molecule has 2 unspecified atom stereocenters. The third kappa shape index (κ3) is 0.601. The molecule has 2 fully saturated rings. The zero-order chi connectivity index (χ0) is 7.19. The van der Waals surface area contributed by atoms with E-state index in [1.165, 1.54) is 6.42 Å². The van der Waals surface area contributed by atoms with E-state index in [-0.39, 0.29) is 5.54 Å². The lowest BCUT2D eigenvalue weighted by molar-refractivity contribution is -0.123. The number of nitrogens with one attached hydrogen (secondary N) is 1. The second-order valence-electron chi connectivity index (χ2n) is 3.57. The van der Waals surface area contributed by atoms with Crippen molar-refractivity contribution in [2.45, 2.75) is 31.2 Å². The summed E-state index contributed by atoms with van der Waals surface area (Å²) in [5.74, 6) is 1.16. The highest BCUT2D eigenvalue weighted by molar-refractivity contribution is 5.91. The van der Waals surface area contributed by atoms with Gasteiger partial charge >= 0.3 is 0 Å². The van der Waals surface area contributed by atoms with Gasteiger partial charge in [0.1, 0.15) is 0 Å².